The Morgan fingerprint density at radius 1 is 0.976 bits per heavy atom. The fraction of sp³-hybridized carbons (Fsp3) is 0.375. The SMILES string of the molecule is COc1ccc(CN(C(=O)CN(c2ccccc2F)S(=O)(=O)c2ccc(C)cc2)[C@@H](C)C(=O)NC2CCCCC2)cc1. The summed E-state index contributed by atoms with van der Waals surface area (Å²) in [5.74, 6) is -1.11. The highest BCUT2D eigenvalue weighted by Crippen LogP contribution is 2.27. The number of hydrogen-bond donors (Lipinski definition) is 1. The van der Waals surface area contributed by atoms with E-state index in [1.54, 1.807) is 50.4 Å². The first-order valence-corrected chi connectivity index (χ1v) is 15.6. The van der Waals surface area contributed by atoms with Crippen LogP contribution in [0.4, 0.5) is 10.1 Å². The van der Waals surface area contributed by atoms with Crippen LogP contribution < -0.4 is 14.4 Å². The van der Waals surface area contributed by atoms with E-state index in [2.05, 4.69) is 5.32 Å². The van der Waals surface area contributed by atoms with Gasteiger partial charge in [-0.15, -0.1) is 0 Å². The Kier molecular flexibility index (Phi) is 10.2. The molecule has 0 saturated heterocycles. The van der Waals surface area contributed by atoms with Crippen LogP contribution in [0.2, 0.25) is 0 Å². The minimum atomic E-state index is -4.34. The zero-order valence-corrected chi connectivity index (χ0v) is 25.1. The Balaban J connectivity index is 1.68. The normalized spacial score (nSPS) is 14.6. The van der Waals surface area contributed by atoms with Crippen LogP contribution in [-0.4, -0.2) is 50.9 Å². The van der Waals surface area contributed by atoms with E-state index in [1.807, 2.05) is 6.92 Å². The molecule has 0 aromatic heterocycles. The number of amides is 2. The third-order valence-corrected chi connectivity index (χ3v) is 9.41. The van der Waals surface area contributed by atoms with Crippen molar-refractivity contribution < 1.29 is 27.1 Å². The number of carbonyl (C=O) groups excluding carboxylic acids is 2. The van der Waals surface area contributed by atoms with Crippen LogP contribution in [-0.2, 0) is 26.2 Å². The van der Waals surface area contributed by atoms with Crippen molar-refractivity contribution in [2.45, 2.75) is 69.5 Å². The molecule has 1 fully saturated rings. The van der Waals surface area contributed by atoms with Gasteiger partial charge < -0.3 is 15.0 Å². The number of anilines is 1. The molecule has 2 amide bonds. The molecule has 0 heterocycles. The van der Waals surface area contributed by atoms with E-state index in [1.165, 1.54) is 35.2 Å². The number of carbonyl (C=O) groups is 2. The molecule has 0 bridgehead atoms. The fourth-order valence-electron chi connectivity index (χ4n) is 5.08. The number of halogens is 1. The number of ether oxygens (including phenoxy) is 1. The maximum atomic E-state index is 15.1. The lowest BCUT2D eigenvalue weighted by atomic mass is 9.95. The summed E-state index contributed by atoms with van der Waals surface area (Å²) in [6.45, 7) is 2.79. The highest BCUT2D eigenvalue weighted by atomic mass is 32.2. The quantitative estimate of drug-likeness (QED) is 0.329. The minimum absolute atomic E-state index is 0.0310. The second kappa shape index (κ2) is 13.8. The Bertz CT molecular complexity index is 1470. The lowest BCUT2D eigenvalue weighted by Crippen LogP contribution is -2.53. The number of para-hydroxylation sites is 1. The number of sulfonamides is 1. The Morgan fingerprint density at radius 2 is 1.62 bits per heavy atom. The van der Waals surface area contributed by atoms with Gasteiger partial charge in [0.05, 0.1) is 17.7 Å². The Labute approximate surface area is 247 Å². The van der Waals surface area contributed by atoms with Gasteiger partial charge in [0, 0.05) is 12.6 Å². The first-order chi connectivity index (χ1) is 20.1. The molecule has 1 atom stereocenters. The molecule has 1 saturated carbocycles. The van der Waals surface area contributed by atoms with Gasteiger partial charge in [-0.05, 0) is 68.7 Å². The van der Waals surface area contributed by atoms with Crippen molar-refractivity contribution in [3.63, 3.8) is 0 Å². The van der Waals surface area contributed by atoms with E-state index in [-0.39, 0.29) is 29.1 Å². The summed E-state index contributed by atoms with van der Waals surface area (Å²) in [5, 5.41) is 3.07. The van der Waals surface area contributed by atoms with Crippen molar-refractivity contribution in [2.75, 3.05) is 18.0 Å². The van der Waals surface area contributed by atoms with Gasteiger partial charge in [-0.2, -0.15) is 0 Å². The van der Waals surface area contributed by atoms with Crippen molar-refractivity contribution in [1.82, 2.24) is 10.2 Å². The third-order valence-electron chi connectivity index (χ3n) is 7.64. The number of nitrogens with one attached hydrogen (secondary N) is 1. The van der Waals surface area contributed by atoms with Crippen molar-refractivity contribution in [1.29, 1.82) is 0 Å². The number of aryl methyl sites for hydroxylation is 1. The molecular weight excluding hydrogens is 557 g/mol. The molecule has 10 heteroatoms. The molecule has 1 aliphatic carbocycles. The van der Waals surface area contributed by atoms with Crippen LogP contribution in [0, 0.1) is 12.7 Å². The van der Waals surface area contributed by atoms with E-state index in [0.717, 1.165) is 53.6 Å². The molecule has 1 N–H and O–H groups in total. The third kappa shape index (κ3) is 7.47. The molecule has 0 aliphatic heterocycles. The summed E-state index contributed by atoms with van der Waals surface area (Å²) in [6, 6.07) is 17.7. The first kappa shape index (κ1) is 31.0. The maximum Gasteiger partial charge on any atom is 0.264 e. The molecular formula is C32H38FN3O5S. The second-order valence-electron chi connectivity index (χ2n) is 10.7. The van der Waals surface area contributed by atoms with Crippen LogP contribution in [0.3, 0.4) is 0 Å². The molecule has 4 rings (SSSR count). The number of benzene rings is 3. The predicted octanol–water partition coefficient (Wildman–Crippen LogP) is 5.20. The molecule has 8 nitrogen and oxygen atoms in total. The van der Waals surface area contributed by atoms with E-state index in [9.17, 15) is 18.0 Å². The zero-order valence-electron chi connectivity index (χ0n) is 24.3. The van der Waals surface area contributed by atoms with Gasteiger partial charge in [0.2, 0.25) is 11.8 Å². The Hall–Kier alpha value is -3.92. The summed E-state index contributed by atoms with van der Waals surface area (Å²) >= 11 is 0. The molecule has 0 radical (unpaired) electrons. The first-order valence-electron chi connectivity index (χ1n) is 14.2. The van der Waals surface area contributed by atoms with Gasteiger partial charge in [-0.1, -0.05) is 61.2 Å². The van der Waals surface area contributed by atoms with Crippen LogP contribution >= 0.6 is 0 Å². The summed E-state index contributed by atoms with van der Waals surface area (Å²) < 4.78 is 48.8. The zero-order chi connectivity index (χ0) is 30.3. The average molecular weight is 596 g/mol. The molecule has 0 spiro atoms. The fourth-order valence-corrected chi connectivity index (χ4v) is 6.51. The second-order valence-corrected chi connectivity index (χ2v) is 12.5. The van der Waals surface area contributed by atoms with E-state index >= 15 is 4.39 Å². The molecule has 0 unspecified atom stereocenters. The van der Waals surface area contributed by atoms with Crippen molar-refractivity contribution >= 4 is 27.5 Å². The maximum absolute atomic E-state index is 15.1. The van der Waals surface area contributed by atoms with Crippen molar-refractivity contribution in [3.8, 4) is 5.75 Å². The number of methoxy groups -OCH3 is 1. The molecule has 224 valence electrons. The number of rotatable bonds is 11. The summed E-state index contributed by atoms with van der Waals surface area (Å²) in [4.78, 5) is 28.7. The lowest BCUT2D eigenvalue weighted by molar-refractivity contribution is -0.139. The monoisotopic (exact) mass is 595 g/mol. The van der Waals surface area contributed by atoms with Gasteiger partial charge in [-0.25, -0.2) is 12.8 Å². The van der Waals surface area contributed by atoms with Crippen LogP contribution in [0.25, 0.3) is 0 Å². The highest BCUT2D eigenvalue weighted by Gasteiger charge is 2.34. The van der Waals surface area contributed by atoms with E-state index in [4.69, 9.17) is 4.74 Å². The molecule has 3 aromatic rings. The topological polar surface area (TPSA) is 96.0 Å². The van der Waals surface area contributed by atoms with Gasteiger partial charge >= 0.3 is 0 Å². The number of nitrogens with zero attached hydrogens (tertiary/aromatic N) is 2. The van der Waals surface area contributed by atoms with Crippen LogP contribution in [0.5, 0.6) is 5.75 Å². The Morgan fingerprint density at radius 3 is 2.24 bits per heavy atom. The summed E-state index contributed by atoms with van der Waals surface area (Å²) in [7, 11) is -2.79. The standard InChI is InChI=1S/C32H38FN3O5S/c1-23-13-19-28(20-14-23)42(39,40)36(30-12-8-7-11-29(30)33)22-31(37)35(21-25-15-17-27(41-3)18-16-25)24(2)32(38)34-26-9-5-4-6-10-26/h7-8,11-20,24,26H,4-6,9-10,21-22H2,1-3H3,(H,34,38)/t24-/m0/s1. The lowest BCUT2D eigenvalue weighted by Gasteiger charge is -2.33. The average Bonchev–Trinajstić information content (AvgIpc) is 2.99. The largest absolute Gasteiger partial charge is 0.497 e. The number of hydrogen-bond acceptors (Lipinski definition) is 5. The van der Waals surface area contributed by atoms with Crippen molar-refractivity contribution in [2.24, 2.45) is 0 Å². The molecule has 3 aromatic carbocycles. The van der Waals surface area contributed by atoms with E-state index in [0.29, 0.717) is 5.75 Å². The summed E-state index contributed by atoms with van der Waals surface area (Å²) in [6.07, 6.45) is 4.94. The van der Waals surface area contributed by atoms with Gasteiger partial charge in [0.1, 0.15) is 24.2 Å². The van der Waals surface area contributed by atoms with E-state index < -0.39 is 34.3 Å². The summed E-state index contributed by atoms with van der Waals surface area (Å²) in [5.41, 5.74) is 1.32. The minimum Gasteiger partial charge on any atom is -0.497 e. The molecule has 1 aliphatic rings. The van der Waals surface area contributed by atoms with Crippen molar-refractivity contribution in [3.05, 3.63) is 89.7 Å². The smallest absolute Gasteiger partial charge is 0.264 e. The van der Waals surface area contributed by atoms with Gasteiger partial charge in [0.25, 0.3) is 10.0 Å². The van der Waals surface area contributed by atoms with Crippen LogP contribution in [0.1, 0.15) is 50.2 Å². The van der Waals surface area contributed by atoms with Gasteiger partial charge in [-0.3, -0.25) is 13.9 Å². The van der Waals surface area contributed by atoms with Crippen LogP contribution in [0.15, 0.2) is 77.7 Å². The highest BCUT2D eigenvalue weighted by molar-refractivity contribution is 7.92. The predicted molar refractivity (Wildman–Crippen MR) is 160 cm³/mol. The molecule has 42 heavy (non-hydrogen) atoms. The van der Waals surface area contributed by atoms with Gasteiger partial charge in [0.15, 0.2) is 0 Å².